The van der Waals surface area contributed by atoms with Gasteiger partial charge >= 0.3 is 0 Å². The van der Waals surface area contributed by atoms with Crippen molar-refractivity contribution in [3.8, 4) is 0 Å². The average Bonchev–Trinajstić information content (AvgIpc) is 2.85. The molecule has 2 atom stereocenters. The molecular formula is C14H21ClN6O3S. The van der Waals surface area contributed by atoms with Gasteiger partial charge < -0.3 is 10.4 Å². The summed E-state index contributed by atoms with van der Waals surface area (Å²) in [6.45, 7) is 4.37. The Bertz CT molecular complexity index is 884. The molecule has 0 bridgehead atoms. The number of imidazole rings is 1. The van der Waals surface area contributed by atoms with Crippen molar-refractivity contribution in [2.24, 2.45) is 0 Å². The van der Waals surface area contributed by atoms with Crippen LogP contribution in [0.3, 0.4) is 0 Å². The number of nitrogens with one attached hydrogen (secondary N) is 1. The van der Waals surface area contributed by atoms with E-state index in [0.29, 0.717) is 29.6 Å². The van der Waals surface area contributed by atoms with Crippen LogP contribution in [-0.2, 0) is 10.0 Å². The van der Waals surface area contributed by atoms with Gasteiger partial charge in [0, 0.05) is 19.0 Å². The van der Waals surface area contributed by atoms with Crippen LogP contribution in [0, 0.1) is 0 Å². The van der Waals surface area contributed by atoms with Crippen LogP contribution in [-0.4, -0.2) is 68.9 Å². The number of rotatable bonds is 4. The Kier molecular flexibility index (Phi) is 4.89. The highest BCUT2D eigenvalue weighted by atomic mass is 35.5. The van der Waals surface area contributed by atoms with Crippen molar-refractivity contribution in [3.05, 3.63) is 17.2 Å². The van der Waals surface area contributed by atoms with Gasteiger partial charge in [-0.2, -0.15) is 4.31 Å². The highest BCUT2D eigenvalue weighted by molar-refractivity contribution is 7.88. The van der Waals surface area contributed by atoms with Gasteiger partial charge in [-0.05, 0) is 6.42 Å². The van der Waals surface area contributed by atoms with E-state index in [0.717, 1.165) is 12.1 Å². The van der Waals surface area contributed by atoms with Crippen LogP contribution in [0.4, 0.5) is 5.95 Å². The number of β-amino-alcohol motifs (C(OH)–C–C–N with tert-alkyl or cyclic N) is 1. The predicted octanol–water partition coefficient (Wildman–Crippen LogP) is 0.708. The number of aromatic nitrogens is 4. The molecule has 11 heteroatoms. The minimum Gasteiger partial charge on any atom is -0.390 e. The quantitative estimate of drug-likeness (QED) is 0.792. The number of hydrogen-bond acceptors (Lipinski definition) is 7. The maximum atomic E-state index is 11.6. The fourth-order valence-corrected chi connectivity index (χ4v) is 3.93. The second-order valence-electron chi connectivity index (χ2n) is 6.52. The van der Waals surface area contributed by atoms with Crippen LogP contribution in [0.1, 0.15) is 32.0 Å². The average molecular weight is 389 g/mol. The minimum absolute atomic E-state index is 0.0485. The Morgan fingerprint density at radius 2 is 2.16 bits per heavy atom. The summed E-state index contributed by atoms with van der Waals surface area (Å²) in [5.41, 5.74) is 0.614. The van der Waals surface area contributed by atoms with E-state index in [1.165, 1.54) is 4.31 Å². The number of fused-ring (bicyclic) bond motifs is 1. The molecule has 2 aromatic rings. The van der Waals surface area contributed by atoms with E-state index in [2.05, 4.69) is 20.4 Å². The largest absolute Gasteiger partial charge is 0.390 e. The SMILES string of the molecule is CC(C)c1nc(Cl)c2cnc(N[C@@H]3CCN(S(C)(=O)=O)C[C@H]3O)nn12. The Labute approximate surface area is 151 Å². The zero-order valence-electron chi connectivity index (χ0n) is 14.2. The summed E-state index contributed by atoms with van der Waals surface area (Å²) in [6.07, 6.45) is 2.32. The first kappa shape index (κ1) is 18.3. The van der Waals surface area contributed by atoms with Gasteiger partial charge in [0.2, 0.25) is 16.0 Å². The zero-order valence-corrected chi connectivity index (χ0v) is 15.8. The molecule has 138 valence electrons. The predicted molar refractivity (Wildman–Crippen MR) is 94.3 cm³/mol. The fraction of sp³-hybridized carbons (Fsp3) is 0.643. The Morgan fingerprint density at radius 3 is 2.76 bits per heavy atom. The highest BCUT2D eigenvalue weighted by Crippen LogP contribution is 2.23. The van der Waals surface area contributed by atoms with Crippen molar-refractivity contribution in [2.45, 2.75) is 38.3 Å². The van der Waals surface area contributed by atoms with Crippen molar-refractivity contribution in [1.82, 2.24) is 23.9 Å². The second kappa shape index (κ2) is 6.67. The zero-order chi connectivity index (χ0) is 18.4. The Hall–Kier alpha value is -1.49. The molecule has 2 aromatic heterocycles. The van der Waals surface area contributed by atoms with Crippen molar-refractivity contribution in [2.75, 3.05) is 24.7 Å². The van der Waals surface area contributed by atoms with E-state index < -0.39 is 16.1 Å². The standard InChI is InChI=1S/C14H21ClN6O3S/c1-8(2)13-18-12(15)10-6-16-14(19-21(10)13)17-9-4-5-20(7-11(9)22)25(3,23)24/h6,8-9,11,22H,4-5,7H2,1-3H3,(H,17,19)/t9-,11-/m1/s1. The third-order valence-corrected chi connectivity index (χ3v) is 5.77. The van der Waals surface area contributed by atoms with E-state index in [1.54, 1.807) is 10.7 Å². The van der Waals surface area contributed by atoms with Gasteiger partial charge in [-0.15, -0.1) is 5.10 Å². The Morgan fingerprint density at radius 1 is 1.44 bits per heavy atom. The summed E-state index contributed by atoms with van der Waals surface area (Å²) in [5, 5.41) is 18.1. The number of hydrogen-bond donors (Lipinski definition) is 2. The molecule has 25 heavy (non-hydrogen) atoms. The molecule has 3 rings (SSSR count). The normalized spacial score (nSPS) is 22.6. The molecule has 1 fully saturated rings. The number of aliphatic hydroxyl groups excluding tert-OH is 1. The smallest absolute Gasteiger partial charge is 0.241 e. The van der Waals surface area contributed by atoms with Gasteiger partial charge in [0.25, 0.3) is 0 Å². The molecule has 0 saturated carbocycles. The van der Waals surface area contributed by atoms with E-state index in [1.807, 2.05) is 13.8 Å². The van der Waals surface area contributed by atoms with E-state index in [9.17, 15) is 13.5 Å². The molecule has 1 aliphatic heterocycles. The Balaban J connectivity index is 1.81. The maximum absolute atomic E-state index is 11.6. The first-order valence-electron chi connectivity index (χ1n) is 7.97. The van der Waals surface area contributed by atoms with Gasteiger partial charge in [-0.25, -0.2) is 22.9 Å². The molecule has 0 unspecified atom stereocenters. The molecule has 0 spiro atoms. The number of piperidine rings is 1. The molecule has 3 heterocycles. The lowest BCUT2D eigenvalue weighted by Gasteiger charge is -2.34. The molecule has 9 nitrogen and oxygen atoms in total. The summed E-state index contributed by atoms with van der Waals surface area (Å²) in [6, 6.07) is -0.336. The van der Waals surface area contributed by atoms with Crippen molar-refractivity contribution >= 4 is 33.1 Å². The van der Waals surface area contributed by atoms with Crippen molar-refractivity contribution < 1.29 is 13.5 Å². The van der Waals surface area contributed by atoms with Crippen LogP contribution in [0.15, 0.2) is 6.20 Å². The second-order valence-corrected chi connectivity index (χ2v) is 8.86. The van der Waals surface area contributed by atoms with Gasteiger partial charge in [0.15, 0.2) is 5.15 Å². The molecular weight excluding hydrogens is 368 g/mol. The third-order valence-electron chi connectivity index (χ3n) is 4.22. The summed E-state index contributed by atoms with van der Waals surface area (Å²) in [7, 11) is -3.31. The molecule has 1 saturated heterocycles. The fourth-order valence-electron chi connectivity index (χ4n) is 2.85. The summed E-state index contributed by atoms with van der Waals surface area (Å²) < 4.78 is 26.1. The molecule has 1 aliphatic rings. The van der Waals surface area contributed by atoms with E-state index in [-0.39, 0.29) is 18.5 Å². The lowest BCUT2D eigenvalue weighted by atomic mass is 10.0. The molecule has 2 N–H and O–H groups in total. The van der Waals surface area contributed by atoms with Crippen LogP contribution in [0.5, 0.6) is 0 Å². The number of halogens is 1. The first-order chi connectivity index (χ1) is 11.7. The van der Waals surface area contributed by atoms with Crippen molar-refractivity contribution in [1.29, 1.82) is 0 Å². The summed E-state index contributed by atoms with van der Waals surface area (Å²) in [5.74, 6) is 1.18. The summed E-state index contributed by atoms with van der Waals surface area (Å²) in [4.78, 5) is 8.53. The monoisotopic (exact) mass is 388 g/mol. The topological polar surface area (TPSA) is 113 Å². The van der Waals surface area contributed by atoms with Gasteiger partial charge in [0.1, 0.15) is 11.3 Å². The lowest BCUT2D eigenvalue weighted by Crippen LogP contribution is -2.51. The minimum atomic E-state index is -3.31. The van der Waals surface area contributed by atoms with Crippen LogP contribution < -0.4 is 5.32 Å². The molecule has 0 aliphatic carbocycles. The number of anilines is 1. The maximum Gasteiger partial charge on any atom is 0.241 e. The van der Waals surface area contributed by atoms with Crippen LogP contribution >= 0.6 is 11.6 Å². The molecule has 0 amide bonds. The first-order valence-corrected chi connectivity index (χ1v) is 10.2. The van der Waals surface area contributed by atoms with E-state index >= 15 is 0 Å². The van der Waals surface area contributed by atoms with Gasteiger partial charge in [-0.1, -0.05) is 25.4 Å². The third kappa shape index (κ3) is 3.71. The summed E-state index contributed by atoms with van der Waals surface area (Å²) >= 11 is 6.11. The van der Waals surface area contributed by atoms with Gasteiger partial charge in [0.05, 0.1) is 24.6 Å². The van der Waals surface area contributed by atoms with Crippen LogP contribution in [0.2, 0.25) is 5.15 Å². The van der Waals surface area contributed by atoms with E-state index in [4.69, 9.17) is 11.6 Å². The lowest BCUT2D eigenvalue weighted by molar-refractivity contribution is 0.0950. The number of nitrogens with zero attached hydrogens (tertiary/aromatic N) is 5. The van der Waals surface area contributed by atoms with Crippen LogP contribution in [0.25, 0.3) is 5.52 Å². The van der Waals surface area contributed by atoms with Gasteiger partial charge in [-0.3, -0.25) is 0 Å². The number of sulfonamides is 1. The van der Waals surface area contributed by atoms with Crippen molar-refractivity contribution in [3.63, 3.8) is 0 Å². The molecule has 0 aromatic carbocycles. The highest BCUT2D eigenvalue weighted by Gasteiger charge is 2.32. The number of aliphatic hydroxyl groups is 1. The molecule has 0 radical (unpaired) electrons.